The second-order valence-corrected chi connectivity index (χ2v) is 9.09. The molecule has 8 nitrogen and oxygen atoms in total. The van der Waals surface area contributed by atoms with Crippen LogP contribution in [0.4, 0.5) is 0 Å². The van der Waals surface area contributed by atoms with Crippen molar-refractivity contribution in [1.82, 2.24) is 9.80 Å². The molecule has 1 fully saturated rings. The number of nitrogens with zero attached hydrogens (tertiary/aromatic N) is 2. The fourth-order valence-corrected chi connectivity index (χ4v) is 3.84. The molecule has 0 aliphatic carbocycles. The molecule has 0 bridgehead atoms. The summed E-state index contributed by atoms with van der Waals surface area (Å²) in [6.07, 6.45) is 2.32. The molecule has 1 saturated heterocycles. The molecule has 148 valence electrons. The zero-order valence-electron chi connectivity index (χ0n) is 15.4. The number of hydrogen-bond acceptors (Lipinski definition) is 5. The van der Waals surface area contributed by atoms with Crippen molar-refractivity contribution in [3.05, 3.63) is 35.4 Å². The van der Waals surface area contributed by atoms with Crippen LogP contribution in [0, 0.1) is 5.92 Å². The van der Waals surface area contributed by atoms with E-state index < -0.39 is 21.7 Å². The second kappa shape index (κ2) is 8.51. The van der Waals surface area contributed by atoms with Gasteiger partial charge in [-0.25, -0.2) is 8.42 Å². The summed E-state index contributed by atoms with van der Waals surface area (Å²) in [4.78, 5) is 38.7. The smallest absolute Gasteiger partial charge is 0.308 e. The molecule has 27 heavy (non-hydrogen) atoms. The number of carbonyl (C=O) groups excluding carboxylic acids is 2. The molecule has 0 aromatic heterocycles. The van der Waals surface area contributed by atoms with Gasteiger partial charge in [-0.3, -0.25) is 14.4 Å². The first-order valence-corrected chi connectivity index (χ1v) is 10.7. The van der Waals surface area contributed by atoms with Crippen molar-refractivity contribution in [3.8, 4) is 0 Å². The van der Waals surface area contributed by atoms with Gasteiger partial charge in [-0.05, 0) is 30.5 Å². The highest BCUT2D eigenvalue weighted by atomic mass is 32.2. The van der Waals surface area contributed by atoms with Gasteiger partial charge in [0.1, 0.15) is 0 Å². The number of carboxylic acid groups (broad SMARTS) is 1. The highest BCUT2D eigenvalue weighted by molar-refractivity contribution is 7.89. The Morgan fingerprint density at radius 3 is 2.41 bits per heavy atom. The second-order valence-electron chi connectivity index (χ2n) is 6.95. The summed E-state index contributed by atoms with van der Waals surface area (Å²) in [5.74, 6) is -2.22. The normalized spacial score (nSPS) is 17.4. The van der Waals surface area contributed by atoms with Gasteiger partial charge in [-0.1, -0.05) is 12.1 Å². The molecule has 1 atom stereocenters. The lowest BCUT2D eigenvalue weighted by Crippen LogP contribution is -2.46. The van der Waals surface area contributed by atoms with E-state index >= 15 is 0 Å². The Labute approximate surface area is 158 Å². The molecule has 2 rings (SSSR count). The third kappa shape index (κ3) is 6.06. The predicted molar refractivity (Wildman–Crippen MR) is 98.9 cm³/mol. The largest absolute Gasteiger partial charge is 0.481 e. The van der Waals surface area contributed by atoms with Crippen LogP contribution in [0.25, 0.3) is 0 Å². The third-order valence-corrected chi connectivity index (χ3v) is 5.33. The summed E-state index contributed by atoms with van der Waals surface area (Å²) < 4.78 is 22.6. The maximum Gasteiger partial charge on any atom is 0.308 e. The Morgan fingerprint density at radius 2 is 1.85 bits per heavy atom. The lowest BCUT2D eigenvalue weighted by Gasteiger charge is -2.32. The molecule has 0 radical (unpaired) electrons. The number of amides is 2. The van der Waals surface area contributed by atoms with Crippen molar-refractivity contribution >= 4 is 27.6 Å². The molecule has 1 aliphatic rings. The van der Waals surface area contributed by atoms with Gasteiger partial charge < -0.3 is 14.9 Å². The topological polar surface area (TPSA) is 112 Å². The van der Waals surface area contributed by atoms with Gasteiger partial charge in [0.15, 0.2) is 9.84 Å². The van der Waals surface area contributed by atoms with Crippen LogP contribution in [0.3, 0.4) is 0 Å². The minimum absolute atomic E-state index is 0.102. The highest BCUT2D eigenvalue weighted by Crippen LogP contribution is 2.17. The number of benzene rings is 1. The quantitative estimate of drug-likeness (QED) is 0.755. The molecule has 0 saturated carbocycles. The highest BCUT2D eigenvalue weighted by Gasteiger charge is 2.29. The standard InChI is InChI=1S/C18H24N2O6S/c1-19(11-16(21)20-9-3-4-15(10-20)18(23)24)17(22)14-7-5-13(6-8-14)12-27(2,25)26/h5-8,15H,3-4,9-12H2,1-2H3,(H,23,24). The Balaban J connectivity index is 1.96. The monoisotopic (exact) mass is 396 g/mol. The SMILES string of the molecule is CN(CC(=O)N1CCCC(C(=O)O)C1)C(=O)c1ccc(CS(C)(=O)=O)cc1. The first kappa shape index (κ1) is 20.9. The van der Waals surface area contributed by atoms with Crippen LogP contribution in [0.2, 0.25) is 0 Å². The van der Waals surface area contributed by atoms with E-state index in [9.17, 15) is 22.8 Å². The van der Waals surface area contributed by atoms with Crippen molar-refractivity contribution in [3.63, 3.8) is 0 Å². The van der Waals surface area contributed by atoms with Gasteiger partial charge in [0.05, 0.1) is 18.2 Å². The third-order valence-electron chi connectivity index (χ3n) is 4.47. The maximum atomic E-state index is 12.5. The first-order valence-electron chi connectivity index (χ1n) is 8.59. The Morgan fingerprint density at radius 1 is 1.22 bits per heavy atom. The van der Waals surface area contributed by atoms with Crippen molar-refractivity contribution in [2.75, 3.05) is 32.9 Å². The van der Waals surface area contributed by atoms with Crippen molar-refractivity contribution in [2.24, 2.45) is 5.92 Å². The van der Waals surface area contributed by atoms with E-state index in [-0.39, 0.29) is 30.7 Å². The molecule has 9 heteroatoms. The van der Waals surface area contributed by atoms with Crippen LogP contribution in [-0.2, 0) is 25.2 Å². The summed E-state index contributed by atoms with van der Waals surface area (Å²) in [7, 11) is -1.65. The molecule has 1 unspecified atom stereocenters. The molecule has 0 spiro atoms. The average molecular weight is 396 g/mol. The first-order chi connectivity index (χ1) is 12.6. The predicted octanol–water partition coefficient (Wildman–Crippen LogP) is 0.626. The summed E-state index contributed by atoms with van der Waals surface area (Å²) in [6.45, 7) is 0.511. The number of aliphatic carboxylic acids is 1. The molecule has 1 heterocycles. The van der Waals surface area contributed by atoms with Gasteiger partial charge in [-0.2, -0.15) is 0 Å². The van der Waals surface area contributed by atoms with Crippen LogP contribution in [0.15, 0.2) is 24.3 Å². The van der Waals surface area contributed by atoms with Gasteiger partial charge in [-0.15, -0.1) is 0 Å². The van der Waals surface area contributed by atoms with E-state index in [0.29, 0.717) is 30.5 Å². The van der Waals surface area contributed by atoms with Gasteiger partial charge in [0.2, 0.25) is 5.91 Å². The molecule has 1 aromatic rings. The number of sulfone groups is 1. The minimum Gasteiger partial charge on any atom is -0.481 e. The Hall–Kier alpha value is -2.42. The fourth-order valence-electron chi connectivity index (χ4n) is 3.05. The number of carbonyl (C=O) groups is 3. The van der Waals surface area contributed by atoms with Gasteiger partial charge >= 0.3 is 5.97 Å². The Bertz CT molecular complexity index is 819. The zero-order chi connectivity index (χ0) is 20.2. The van der Waals surface area contributed by atoms with Crippen LogP contribution >= 0.6 is 0 Å². The molecular formula is C18H24N2O6S. The van der Waals surface area contributed by atoms with E-state index in [1.807, 2.05) is 0 Å². The van der Waals surface area contributed by atoms with E-state index in [4.69, 9.17) is 5.11 Å². The summed E-state index contributed by atoms with van der Waals surface area (Å²) >= 11 is 0. The van der Waals surface area contributed by atoms with Crippen molar-refractivity contribution in [2.45, 2.75) is 18.6 Å². The number of likely N-dealkylation sites (tertiary alicyclic amines) is 1. The molecule has 2 amide bonds. The van der Waals surface area contributed by atoms with Crippen molar-refractivity contribution in [1.29, 1.82) is 0 Å². The molecular weight excluding hydrogens is 372 g/mol. The minimum atomic E-state index is -3.15. The summed E-state index contributed by atoms with van der Waals surface area (Å²) in [5, 5.41) is 9.11. The fraction of sp³-hybridized carbons (Fsp3) is 0.500. The number of carboxylic acids is 1. The maximum absolute atomic E-state index is 12.5. The van der Waals surface area contributed by atoms with E-state index in [0.717, 1.165) is 6.26 Å². The van der Waals surface area contributed by atoms with Crippen LogP contribution in [0.5, 0.6) is 0 Å². The summed E-state index contributed by atoms with van der Waals surface area (Å²) in [5.41, 5.74) is 0.936. The van der Waals surface area contributed by atoms with E-state index in [1.54, 1.807) is 12.1 Å². The zero-order valence-corrected chi connectivity index (χ0v) is 16.2. The van der Waals surface area contributed by atoms with Gasteiger partial charge in [0.25, 0.3) is 5.91 Å². The molecule has 1 aromatic carbocycles. The van der Waals surface area contributed by atoms with E-state index in [2.05, 4.69) is 0 Å². The summed E-state index contributed by atoms with van der Waals surface area (Å²) in [6, 6.07) is 6.22. The lowest BCUT2D eigenvalue weighted by atomic mass is 9.98. The molecule has 1 N–H and O–H groups in total. The Kier molecular flexibility index (Phi) is 6.59. The van der Waals surface area contributed by atoms with E-state index in [1.165, 1.54) is 29.0 Å². The number of likely N-dealkylation sites (N-methyl/N-ethyl adjacent to an activating group) is 1. The average Bonchev–Trinajstić information content (AvgIpc) is 2.60. The van der Waals surface area contributed by atoms with Crippen LogP contribution in [0.1, 0.15) is 28.8 Å². The van der Waals surface area contributed by atoms with Crippen LogP contribution < -0.4 is 0 Å². The number of rotatable bonds is 6. The molecule has 1 aliphatic heterocycles. The lowest BCUT2D eigenvalue weighted by molar-refractivity contribution is -0.145. The number of piperidine rings is 1. The number of hydrogen-bond donors (Lipinski definition) is 1. The van der Waals surface area contributed by atoms with Gasteiger partial charge in [0, 0.05) is 32.0 Å². The van der Waals surface area contributed by atoms with Crippen molar-refractivity contribution < 1.29 is 27.9 Å². The van der Waals surface area contributed by atoms with Crippen LogP contribution in [-0.4, -0.2) is 74.0 Å².